The molecule has 0 atom stereocenters. The van der Waals surface area contributed by atoms with Crippen molar-refractivity contribution in [3.05, 3.63) is 88.5 Å². The Morgan fingerprint density at radius 3 is 2.37 bits per heavy atom. The molecular weight excluding hydrogens is 431 g/mol. The molecule has 0 saturated carbocycles. The van der Waals surface area contributed by atoms with Gasteiger partial charge >= 0.3 is 6.18 Å². The molecule has 0 aliphatic carbocycles. The lowest BCUT2D eigenvalue weighted by molar-refractivity contribution is -0.137. The number of furan rings is 1. The molecule has 3 nitrogen and oxygen atoms in total. The van der Waals surface area contributed by atoms with Gasteiger partial charge in [-0.3, -0.25) is 9.69 Å². The molecule has 8 heteroatoms. The van der Waals surface area contributed by atoms with Crippen molar-refractivity contribution in [3.8, 4) is 11.3 Å². The maximum atomic E-state index is 12.7. The summed E-state index contributed by atoms with van der Waals surface area (Å²) in [5, 5.41) is 0. The van der Waals surface area contributed by atoms with Gasteiger partial charge in [0.1, 0.15) is 15.8 Å². The first-order valence-corrected chi connectivity index (χ1v) is 10.1. The molecular formula is C22H14F3NO2S2. The third-order valence-electron chi connectivity index (χ3n) is 4.45. The van der Waals surface area contributed by atoms with E-state index in [1.54, 1.807) is 18.2 Å². The van der Waals surface area contributed by atoms with Gasteiger partial charge in [0.05, 0.1) is 17.0 Å². The van der Waals surface area contributed by atoms with Crippen molar-refractivity contribution >= 4 is 40.3 Å². The lowest BCUT2D eigenvalue weighted by atomic mass is 10.1. The zero-order valence-corrected chi connectivity index (χ0v) is 17.0. The fraction of sp³-hybridized carbons (Fsp3) is 0.0909. The standard InChI is InChI=1S/C22H14F3NO2S2/c23-22(24,25)16-8-6-15(7-9-16)18-11-10-17(28-18)12-19-20(27)26(21(29)30-19)13-14-4-2-1-3-5-14/h1-12H,13H2. The maximum Gasteiger partial charge on any atom is 0.416 e. The predicted molar refractivity (Wildman–Crippen MR) is 114 cm³/mol. The highest BCUT2D eigenvalue weighted by Gasteiger charge is 2.32. The summed E-state index contributed by atoms with van der Waals surface area (Å²) in [6.45, 7) is 0.387. The molecule has 4 rings (SSSR count). The lowest BCUT2D eigenvalue weighted by Gasteiger charge is -2.14. The Morgan fingerprint density at radius 2 is 1.70 bits per heavy atom. The van der Waals surface area contributed by atoms with Crippen LogP contribution < -0.4 is 0 Å². The highest BCUT2D eigenvalue weighted by molar-refractivity contribution is 8.26. The number of amides is 1. The van der Waals surface area contributed by atoms with Crippen LogP contribution in [-0.2, 0) is 17.5 Å². The Kier molecular flexibility index (Phi) is 5.53. The Balaban J connectivity index is 1.51. The molecule has 1 saturated heterocycles. The van der Waals surface area contributed by atoms with Gasteiger partial charge in [-0.25, -0.2) is 0 Å². The number of benzene rings is 2. The van der Waals surface area contributed by atoms with Crippen LogP contribution in [0.2, 0.25) is 0 Å². The van der Waals surface area contributed by atoms with Crippen LogP contribution >= 0.6 is 24.0 Å². The van der Waals surface area contributed by atoms with E-state index < -0.39 is 11.7 Å². The molecule has 2 heterocycles. The zero-order chi connectivity index (χ0) is 21.3. The lowest BCUT2D eigenvalue weighted by Crippen LogP contribution is -2.27. The van der Waals surface area contributed by atoms with Gasteiger partial charge in [-0.1, -0.05) is 66.4 Å². The van der Waals surface area contributed by atoms with Crippen molar-refractivity contribution in [2.24, 2.45) is 0 Å². The van der Waals surface area contributed by atoms with E-state index in [0.717, 1.165) is 17.7 Å². The molecule has 1 aliphatic rings. The number of rotatable bonds is 4. The molecule has 1 amide bonds. The summed E-state index contributed by atoms with van der Waals surface area (Å²) in [5.74, 6) is 0.626. The van der Waals surface area contributed by atoms with Crippen molar-refractivity contribution < 1.29 is 22.4 Å². The van der Waals surface area contributed by atoms with E-state index in [1.807, 2.05) is 30.3 Å². The number of carbonyl (C=O) groups excluding carboxylic acids is 1. The molecule has 0 radical (unpaired) electrons. The van der Waals surface area contributed by atoms with Crippen LogP contribution in [0.3, 0.4) is 0 Å². The number of hydrogen-bond donors (Lipinski definition) is 0. The average Bonchev–Trinajstić information content (AvgIpc) is 3.29. The SMILES string of the molecule is O=C1C(=Cc2ccc(-c3ccc(C(F)(F)F)cc3)o2)SC(=S)N1Cc1ccccc1. The Hall–Kier alpha value is -2.84. The number of carbonyl (C=O) groups is 1. The molecule has 2 aromatic carbocycles. The molecule has 3 aromatic rings. The molecule has 0 N–H and O–H groups in total. The summed E-state index contributed by atoms with van der Waals surface area (Å²) < 4.78 is 44.3. The van der Waals surface area contributed by atoms with Gasteiger partial charge in [0.15, 0.2) is 0 Å². The monoisotopic (exact) mass is 445 g/mol. The minimum atomic E-state index is -4.39. The van der Waals surface area contributed by atoms with Crippen LogP contribution in [-0.4, -0.2) is 15.1 Å². The van der Waals surface area contributed by atoms with Crippen molar-refractivity contribution in [3.63, 3.8) is 0 Å². The first kappa shape index (κ1) is 20.4. The van der Waals surface area contributed by atoms with Crippen molar-refractivity contribution in [2.75, 3.05) is 0 Å². The first-order chi connectivity index (χ1) is 14.3. The number of nitrogens with zero attached hydrogens (tertiary/aromatic N) is 1. The average molecular weight is 445 g/mol. The van der Waals surface area contributed by atoms with Crippen LogP contribution in [0, 0.1) is 0 Å². The van der Waals surface area contributed by atoms with Gasteiger partial charge in [-0.2, -0.15) is 13.2 Å². The van der Waals surface area contributed by atoms with E-state index >= 15 is 0 Å². The second kappa shape index (κ2) is 8.12. The van der Waals surface area contributed by atoms with E-state index in [4.69, 9.17) is 16.6 Å². The topological polar surface area (TPSA) is 33.5 Å². The summed E-state index contributed by atoms with van der Waals surface area (Å²) in [6.07, 6.45) is -2.79. The number of thioether (sulfide) groups is 1. The number of alkyl halides is 3. The van der Waals surface area contributed by atoms with Gasteiger partial charge in [0.25, 0.3) is 5.91 Å². The van der Waals surface area contributed by atoms with Gasteiger partial charge in [-0.15, -0.1) is 0 Å². The third kappa shape index (κ3) is 4.34. The molecule has 30 heavy (non-hydrogen) atoms. The third-order valence-corrected chi connectivity index (χ3v) is 5.83. The van der Waals surface area contributed by atoms with Gasteiger partial charge in [0.2, 0.25) is 0 Å². The molecule has 1 fully saturated rings. The summed E-state index contributed by atoms with van der Waals surface area (Å²) >= 11 is 6.53. The minimum Gasteiger partial charge on any atom is -0.457 e. The molecule has 1 aliphatic heterocycles. The molecule has 0 bridgehead atoms. The first-order valence-electron chi connectivity index (χ1n) is 8.88. The van der Waals surface area contributed by atoms with Gasteiger partial charge in [0, 0.05) is 11.6 Å². The quantitative estimate of drug-likeness (QED) is 0.345. The summed E-state index contributed by atoms with van der Waals surface area (Å²) in [6, 6.07) is 17.6. The number of thiocarbonyl (C=S) groups is 1. The second-order valence-corrected chi connectivity index (χ2v) is 8.21. The molecule has 0 unspecified atom stereocenters. The highest BCUT2D eigenvalue weighted by atomic mass is 32.2. The van der Waals surface area contributed by atoms with Crippen molar-refractivity contribution in [1.29, 1.82) is 0 Å². The fourth-order valence-corrected chi connectivity index (χ4v) is 4.18. The predicted octanol–water partition coefficient (Wildman–Crippen LogP) is 6.37. The van der Waals surface area contributed by atoms with Crippen LogP contribution in [0.4, 0.5) is 13.2 Å². The smallest absolute Gasteiger partial charge is 0.416 e. The molecule has 1 aromatic heterocycles. The highest BCUT2D eigenvalue weighted by Crippen LogP contribution is 2.35. The summed E-state index contributed by atoms with van der Waals surface area (Å²) in [5.41, 5.74) is 0.761. The zero-order valence-electron chi connectivity index (χ0n) is 15.3. The van der Waals surface area contributed by atoms with Crippen molar-refractivity contribution in [2.45, 2.75) is 12.7 Å². The second-order valence-electron chi connectivity index (χ2n) is 6.53. The normalized spacial score (nSPS) is 16.0. The van der Waals surface area contributed by atoms with E-state index in [0.29, 0.717) is 32.9 Å². The summed E-state index contributed by atoms with van der Waals surface area (Å²) in [4.78, 5) is 14.7. The Labute approximate surface area is 180 Å². The molecule has 0 spiro atoms. The van der Waals surface area contributed by atoms with Crippen LogP contribution in [0.5, 0.6) is 0 Å². The van der Waals surface area contributed by atoms with E-state index in [-0.39, 0.29) is 5.91 Å². The Bertz CT molecular complexity index is 1120. The van der Waals surface area contributed by atoms with Crippen LogP contribution in [0.1, 0.15) is 16.9 Å². The van der Waals surface area contributed by atoms with Gasteiger partial charge in [-0.05, 0) is 29.8 Å². The largest absolute Gasteiger partial charge is 0.457 e. The minimum absolute atomic E-state index is 0.207. The van der Waals surface area contributed by atoms with Crippen molar-refractivity contribution in [1.82, 2.24) is 4.90 Å². The fourth-order valence-electron chi connectivity index (χ4n) is 2.94. The Morgan fingerprint density at radius 1 is 1.00 bits per heavy atom. The number of hydrogen-bond acceptors (Lipinski definition) is 4. The van der Waals surface area contributed by atoms with Gasteiger partial charge < -0.3 is 4.42 Å². The summed E-state index contributed by atoms with van der Waals surface area (Å²) in [7, 11) is 0. The van der Waals surface area contributed by atoms with Crippen LogP contribution in [0.15, 0.2) is 76.1 Å². The van der Waals surface area contributed by atoms with Crippen LogP contribution in [0.25, 0.3) is 17.4 Å². The van der Waals surface area contributed by atoms with E-state index in [1.165, 1.54) is 28.8 Å². The number of halogens is 3. The maximum absolute atomic E-state index is 12.7. The molecule has 152 valence electrons. The van der Waals surface area contributed by atoms with E-state index in [2.05, 4.69) is 0 Å². The van der Waals surface area contributed by atoms with E-state index in [9.17, 15) is 18.0 Å².